The minimum Gasteiger partial charge on any atom is -0.481 e. The van der Waals surface area contributed by atoms with E-state index in [1.165, 1.54) is 18.3 Å². The molecule has 8 nitrogen and oxygen atoms in total. The molecule has 1 amide bonds. The maximum absolute atomic E-state index is 13.3. The molecule has 0 aliphatic carbocycles. The number of carbonyl (C=O) groups excluding carboxylic acids is 1. The Kier molecular flexibility index (Phi) is 4.97. The average Bonchev–Trinajstić information content (AvgIpc) is 3.06. The summed E-state index contributed by atoms with van der Waals surface area (Å²) in [6, 6.07) is 7.60. The predicted octanol–water partition coefficient (Wildman–Crippen LogP) is 1.56. The van der Waals surface area contributed by atoms with Crippen LogP contribution < -0.4 is 5.32 Å². The second-order valence-electron chi connectivity index (χ2n) is 5.42. The molecule has 0 saturated carbocycles. The quantitative estimate of drug-likeness (QED) is 0.617. The van der Waals surface area contributed by atoms with E-state index < -0.39 is 11.9 Å². The van der Waals surface area contributed by atoms with Gasteiger partial charge in [0, 0.05) is 18.0 Å². The Balaban J connectivity index is 1.67. The van der Waals surface area contributed by atoms with Crippen LogP contribution in [0.4, 0.5) is 4.39 Å². The van der Waals surface area contributed by atoms with E-state index in [2.05, 4.69) is 25.5 Å². The van der Waals surface area contributed by atoms with Gasteiger partial charge in [-0.2, -0.15) is 5.10 Å². The number of carbonyl (C=O) groups is 2. The van der Waals surface area contributed by atoms with E-state index in [0.29, 0.717) is 22.5 Å². The molecule has 9 heteroatoms. The first-order valence-electron chi connectivity index (χ1n) is 7.62. The first kappa shape index (κ1) is 17.2. The van der Waals surface area contributed by atoms with Gasteiger partial charge in [-0.15, -0.1) is 0 Å². The number of nitrogens with zero attached hydrogens (tertiary/aromatic N) is 3. The van der Waals surface area contributed by atoms with Crippen LogP contribution in [0.5, 0.6) is 0 Å². The Hall–Kier alpha value is -3.62. The summed E-state index contributed by atoms with van der Waals surface area (Å²) in [6.07, 6.45) is 2.64. The third-order valence-electron chi connectivity index (χ3n) is 3.46. The van der Waals surface area contributed by atoms with Gasteiger partial charge in [-0.3, -0.25) is 19.7 Å². The molecule has 0 unspecified atom stereocenters. The van der Waals surface area contributed by atoms with Crippen molar-refractivity contribution >= 4 is 11.9 Å². The SMILES string of the molecule is O=C(O)Cc1n[nH]c(CNC(=O)c2cncc(-c3cccc(F)c3)c2)n1. The van der Waals surface area contributed by atoms with Gasteiger partial charge in [-0.05, 0) is 23.8 Å². The number of aromatic amines is 1. The van der Waals surface area contributed by atoms with E-state index in [1.807, 2.05) is 0 Å². The maximum atomic E-state index is 13.3. The standard InChI is InChI=1S/C17H14FN5O3/c18-13-3-1-2-10(5-13)11-4-12(8-19-7-11)17(26)20-9-15-21-14(22-23-15)6-16(24)25/h1-5,7-8H,6,9H2,(H,20,26)(H,24,25)(H,21,22,23). The molecule has 1 aromatic carbocycles. The molecule has 2 heterocycles. The third kappa shape index (κ3) is 4.26. The summed E-state index contributed by atoms with van der Waals surface area (Å²) in [7, 11) is 0. The summed E-state index contributed by atoms with van der Waals surface area (Å²) in [5.74, 6) is -1.34. The van der Waals surface area contributed by atoms with Crippen LogP contribution in [0.2, 0.25) is 0 Å². The fourth-order valence-corrected chi connectivity index (χ4v) is 2.28. The zero-order valence-electron chi connectivity index (χ0n) is 13.4. The molecule has 0 radical (unpaired) electrons. The molecule has 0 spiro atoms. The molecule has 3 aromatic rings. The van der Waals surface area contributed by atoms with E-state index in [9.17, 15) is 14.0 Å². The average molecular weight is 355 g/mol. The Morgan fingerprint density at radius 2 is 2.04 bits per heavy atom. The van der Waals surface area contributed by atoms with Gasteiger partial charge in [0.15, 0.2) is 5.82 Å². The number of H-pyrrole nitrogens is 1. The Bertz CT molecular complexity index is 957. The molecule has 0 saturated heterocycles. The lowest BCUT2D eigenvalue weighted by atomic mass is 10.1. The fraction of sp³-hybridized carbons (Fsp3) is 0.118. The first-order chi connectivity index (χ1) is 12.5. The Labute approximate surface area is 147 Å². The number of carboxylic acids is 1. The van der Waals surface area contributed by atoms with Crippen LogP contribution in [0.25, 0.3) is 11.1 Å². The van der Waals surface area contributed by atoms with Crippen molar-refractivity contribution in [3.05, 3.63) is 65.8 Å². The van der Waals surface area contributed by atoms with E-state index in [1.54, 1.807) is 24.4 Å². The Morgan fingerprint density at radius 1 is 1.19 bits per heavy atom. The molecule has 3 rings (SSSR count). The topological polar surface area (TPSA) is 121 Å². The number of carboxylic acid groups (broad SMARTS) is 1. The molecule has 0 atom stereocenters. The molecule has 0 aliphatic rings. The van der Waals surface area contributed by atoms with Crippen molar-refractivity contribution in [1.29, 1.82) is 0 Å². The van der Waals surface area contributed by atoms with Crippen molar-refractivity contribution in [3.63, 3.8) is 0 Å². The highest BCUT2D eigenvalue weighted by molar-refractivity contribution is 5.94. The maximum Gasteiger partial charge on any atom is 0.311 e. The summed E-state index contributed by atoms with van der Waals surface area (Å²) >= 11 is 0. The van der Waals surface area contributed by atoms with Gasteiger partial charge in [0.1, 0.15) is 18.1 Å². The summed E-state index contributed by atoms with van der Waals surface area (Å²) < 4.78 is 13.3. The number of aliphatic carboxylic acids is 1. The molecular weight excluding hydrogens is 341 g/mol. The zero-order valence-corrected chi connectivity index (χ0v) is 13.4. The van der Waals surface area contributed by atoms with Crippen LogP contribution in [0, 0.1) is 5.82 Å². The number of halogens is 1. The van der Waals surface area contributed by atoms with Crippen molar-refractivity contribution in [2.75, 3.05) is 0 Å². The number of rotatable bonds is 6. The second kappa shape index (κ2) is 7.51. The van der Waals surface area contributed by atoms with E-state index in [-0.39, 0.29) is 24.6 Å². The van der Waals surface area contributed by atoms with Crippen LogP contribution in [-0.2, 0) is 17.8 Å². The largest absolute Gasteiger partial charge is 0.481 e. The Morgan fingerprint density at radius 3 is 2.81 bits per heavy atom. The number of benzene rings is 1. The van der Waals surface area contributed by atoms with Crippen LogP contribution in [-0.4, -0.2) is 37.1 Å². The van der Waals surface area contributed by atoms with Crippen molar-refractivity contribution in [1.82, 2.24) is 25.5 Å². The highest BCUT2D eigenvalue weighted by Crippen LogP contribution is 2.20. The van der Waals surface area contributed by atoms with Gasteiger partial charge in [0.2, 0.25) is 0 Å². The molecule has 2 aromatic heterocycles. The minimum absolute atomic E-state index is 0.0512. The summed E-state index contributed by atoms with van der Waals surface area (Å²) in [6.45, 7) is 0.0512. The minimum atomic E-state index is -1.04. The molecule has 3 N–H and O–H groups in total. The van der Waals surface area contributed by atoms with Crippen molar-refractivity contribution in [3.8, 4) is 11.1 Å². The van der Waals surface area contributed by atoms with Gasteiger partial charge in [0.25, 0.3) is 5.91 Å². The fourth-order valence-electron chi connectivity index (χ4n) is 2.28. The van der Waals surface area contributed by atoms with E-state index in [4.69, 9.17) is 5.11 Å². The molecule has 0 aliphatic heterocycles. The van der Waals surface area contributed by atoms with Gasteiger partial charge in [0.05, 0.1) is 12.1 Å². The number of hydrogen-bond acceptors (Lipinski definition) is 5. The van der Waals surface area contributed by atoms with Gasteiger partial charge >= 0.3 is 5.97 Å². The van der Waals surface area contributed by atoms with Gasteiger partial charge in [-0.1, -0.05) is 12.1 Å². The van der Waals surface area contributed by atoms with E-state index in [0.717, 1.165) is 0 Å². The monoisotopic (exact) mass is 355 g/mol. The van der Waals surface area contributed by atoms with Crippen LogP contribution in [0.15, 0.2) is 42.7 Å². The predicted molar refractivity (Wildman–Crippen MR) is 88.5 cm³/mol. The van der Waals surface area contributed by atoms with Crippen LogP contribution >= 0.6 is 0 Å². The summed E-state index contributed by atoms with van der Waals surface area (Å²) in [5.41, 5.74) is 1.53. The lowest BCUT2D eigenvalue weighted by Gasteiger charge is -2.06. The molecule has 0 fully saturated rings. The molecule has 0 bridgehead atoms. The lowest BCUT2D eigenvalue weighted by Crippen LogP contribution is -2.23. The van der Waals surface area contributed by atoms with Crippen molar-refractivity contribution < 1.29 is 19.1 Å². The molecule has 26 heavy (non-hydrogen) atoms. The second-order valence-corrected chi connectivity index (χ2v) is 5.42. The van der Waals surface area contributed by atoms with Crippen molar-refractivity contribution in [2.45, 2.75) is 13.0 Å². The first-order valence-corrected chi connectivity index (χ1v) is 7.62. The normalized spacial score (nSPS) is 10.5. The zero-order chi connectivity index (χ0) is 18.5. The molecule has 132 valence electrons. The lowest BCUT2D eigenvalue weighted by molar-refractivity contribution is -0.136. The number of hydrogen-bond donors (Lipinski definition) is 3. The number of aromatic nitrogens is 4. The number of nitrogens with one attached hydrogen (secondary N) is 2. The van der Waals surface area contributed by atoms with Crippen molar-refractivity contribution in [2.24, 2.45) is 0 Å². The third-order valence-corrected chi connectivity index (χ3v) is 3.46. The van der Waals surface area contributed by atoms with Gasteiger partial charge < -0.3 is 10.4 Å². The number of amides is 1. The van der Waals surface area contributed by atoms with E-state index >= 15 is 0 Å². The molecular formula is C17H14FN5O3. The smallest absolute Gasteiger partial charge is 0.311 e. The highest BCUT2D eigenvalue weighted by Gasteiger charge is 2.11. The summed E-state index contributed by atoms with van der Waals surface area (Å²) in [4.78, 5) is 30.9. The van der Waals surface area contributed by atoms with Gasteiger partial charge in [-0.25, -0.2) is 9.37 Å². The highest BCUT2D eigenvalue weighted by atomic mass is 19.1. The van der Waals surface area contributed by atoms with Crippen LogP contribution in [0.3, 0.4) is 0 Å². The number of pyridine rings is 1. The summed E-state index contributed by atoms with van der Waals surface area (Å²) in [5, 5.41) is 17.6. The van der Waals surface area contributed by atoms with Crippen LogP contribution in [0.1, 0.15) is 22.0 Å².